The quantitative estimate of drug-likeness (QED) is 0.909. The number of aryl methyl sites for hydroxylation is 3. The Morgan fingerprint density at radius 3 is 2.38 bits per heavy atom. The van der Waals surface area contributed by atoms with Gasteiger partial charge in [0.15, 0.2) is 0 Å². The first-order valence-electron chi connectivity index (χ1n) is 8.42. The SMILES string of the molecule is Cc1cc(C)c(CN2CC(C(C)C)NCCC2C)c(C)c1. The smallest absolute Gasteiger partial charge is 0.0242 e. The summed E-state index contributed by atoms with van der Waals surface area (Å²) in [6, 6.07) is 5.91. The summed E-state index contributed by atoms with van der Waals surface area (Å²) in [4.78, 5) is 2.68. The van der Waals surface area contributed by atoms with Crippen molar-refractivity contribution in [3.63, 3.8) is 0 Å². The molecule has 21 heavy (non-hydrogen) atoms. The molecule has 1 aliphatic heterocycles. The summed E-state index contributed by atoms with van der Waals surface area (Å²) in [5, 5.41) is 3.72. The van der Waals surface area contributed by atoms with Crippen LogP contribution in [0.3, 0.4) is 0 Å². The molecular formula is C19H32N2. The van der Waals surface area contributed by atoms with Crippen LogP contribution >= 0.6 is 0 Å². The third-order valence-electron chi connectivity index (χ3n) is 5.03. The molecule has 0 amide bonds. The van der Waals surface area contributed by atoms with E-state index < -0.39 is 0 Å². The van der Waals surface area contributed by atoms with E-state index in [0.717, 1.165) is 19.6 Å². The van der Waals surface area contributed by atoms with Gasteiger partial charge in [-0.1, -0.05) is 31.5 Å². The fourth-order valence-corrected chi connectivity index (χ4v) is 3.49. The first kappa shape index (κ1) is 16.5. The second-order valence-corrected chi connectivity index (χ2v) is 7.25. The van der Waals surface area contributed by atoms with Gasteiger partial charge in [-0.2, -0.15) is 0 Å². The lowest BCUT2D eigenvalue weighted by molar-refractivity contribution is 0.183. The molecule has 0 spiro atoms. The Bertz CT molecular complexity index is 455. The van der Waals surface area contributed by atoms with Crippen molar-refractivity contribution in [1.29, 1.82) is 0 Å². The van der Waals surface area contributed by atoms with Gasteiger partial charge in [0, 0.05) is 25.2 Å². The molecule has 1 N–H and O–H groups in total. The van der Waals surface area contributed by atoms with Crippen LogP contribution in [0.25, 0.3) is 0 Å². The standard InChI is InChI=1S/C19H32N2/c1-13(2)19-12-21(17(6)7-8-20-19)11-18-15(4)9-14(3)10-16(18)5/h9-10,13,17,19-20H,7-8,11-12H2,1-6H3. The minimum absolute atomic E-state index is 0.612. The monoisotopic (exact) mass is 288 g/mol. The summed E-state index contributed by atoms with van der Waals surface area (Å²) in [5.41, 5.74) is 5.78. The zero-order valence-corrected chi connectivity index (χ0v) is 14.7. The summed E-state index contributed by atoms with van der Waals surface area (Å²) in [6.45, 7) is 17.1. The van der Waals surface area contributed by atoms with Gasteiger partial charge < -0.3 is 5.32 Å². The van der Waals surface area contributed by atoms with E-state index in [9.17, 15) is 0 Å². The van der Waals surface area contributed by atoms with E-state index in [0.29, 0.717) is 18.0 Å². The molecule has 0 radical (unpaired) electrons. The van der Waals surface area contributed by atoms with Crippen molar-refractivity contribution >= 4 is 0 Å². The first-order valence-corrected chi connectivity index (χ1v) is 8.42. The van der Waals surface area contributed by atoms with Crippen LogP contribution in [0.1, 0.15) is 49.4 Å². The molecule has 2 rings (SSSR count). The second-order valence-electron chi connectivity index (χ2n) is 7.25. The lowest BCUT2D eigenvalue weighted by Gasteiger charge is -2.31. The van der Waals surface area contributed by atoms with Crippen molar-refractivity contribution in [2.45, 2.75) is 66.6 Å². The summed E-state index contributed by atoms with van der Waals surface area (Å²) in [7, 11) is 0. The van der Waals surface area contributed by atoms with E-state index in [2.05, 4.69) is 63.9 Å². The number of hydrogen-bond acceptors (Lipinski definition) is 2. The number of nitrogens with one attached hydrogen (secondary N) is 1. The first-order chi connectivity index (χ1) is 9.88. The molecule has 2 atom stereocenters. The molecule has 1 saturated heterocycles. The molecule has 0 aliphatic carbocycles. The van der Waals surface area contributed by atoms with Gasteiger partial charge in [0.1, 0.15) is 0 Å². The van der Waals surface area contributed by atoms with Crippen molar-refractivity contribution in [3.05, 3.63) is 34.4 Å². The molecule has 2 nitrogen and oxygen atoms in total. The highest BCUT2D eigenvalue weighted by molar-refractivity contribution is 5.37. The minimum Gasteiger partial charge on any atom is -0.312 e. The molecule has 0 aromatic heterocycles. The molecule has 0 saturated carbocycles. The summed E-state index contributed by atoms with van der Waals surface area (Å²) in [6.07, 6.45) is 1.24. The molecule has 1 fully saturated rings. The highest BCUT2D eigenvalue weighted by atomic mass is 15.2. The van der Waals surface area contributed by atoms with Gasteiger partial charge in [0.25, 0.3) is 0 Å². The Hall–Kier alpha value is -0.860. The Morgan fingerprint density at radius 1 is 1.19 bits per heavy atom. The largest absolute Gasteiger partial charge is 0.312 e. The van der Waals surface area contributed by atoms with Crippen LogP contribution in [0, 0.1) is 26.7 Å². The van der Waals surface area contributed by atoms with E-state index in [4.69, 9.17) is 0 Å². The average Bonchev–Trinajstić information content (AvgIpc) is 2.56. The maximum Gasteiger partial charge on any atom is 0.0242 e. The van der Waals surface area contributed by atoms with Gasteiger partial charge in [0.2, 0.25) is 0 Å². The number of nitrogens with zero attached hydrogens (tertiary/aromatic N) is 1. The normalized spacial score (nSPS) is 24.3. The Morgan fingerprint density at radius 2 is 1.81 bits per heavy atom. The fraction of sp³-hybridized carbons (Fsp3) is 0.684. The van der Waals surface area contributed by atoms with Crippen molar-refractivity contribution in [2.75, 3.05) is 13.1 Å². The van der Waals surface area contributed by atoms with Gasteiger partial charge in [-0.3, -0.25) is 4.90 Å². The van der Waals surface area contributed by atoms with E-state index in [-0.39, 0.29) is 0 Å². The van der Waals surface area contributed by atoms with Crippen molar-refractivity contribution in [1.82, 2.24) is 10.2 Å². The van der Waals surface area contributed by atoms with Crippen LogP contribution < -0.4 is 5.32 Å². The summed E-state index contributed by atoms with van der Waals surface area (Å²) in [5.74, 6) is 0.693. The molecular weight excluding hydrogens is 256 g/mol. The molecule has 1 aromatic carbocycles. The topological polar surface area (TPSA) is 15.3 Å². The average molecular weight is 288 g/mol. The fourth-order valence-electron chi connectivity index (χ4n) is 3.49. The van der Waals surface area contributed by atoms with E-state index in [1.807, 2.05) is 0 Å². The molecule has 1 heterocycles. The van der Waals surface area contributed by atoms with Crippen LogP contribution in [0.2, 0.25) is 0 Å². The second kappa shape index (κ2) is 6.93. The third-order valence-corrected chi connectivity index (χ3v) is 5.03. The predicted octanol–water partition coefficient (Wildman–Crippen LogP) is 3.82. The van der Waals surface area contributed by atoms with Gasteiger partial charge in [-0.05, 0) is 63.3 Å². The molecule has 118 valence electrons. The Balaban J connectivity index is 2.19. The number of benzene rings is 1. The third kappa shape index (κ3) is 4.08. The van der Waals surface area contributed by atoms with Gasteiger partial charge >= 0.3 is 0 Å². The van der Waals surface area contributed by atoms with Crippen LogP contribution in [0.4, 0.5) is 0 Å². The summed E-state index contributed by atoms with van der Waals surface area (Å²) >= 11 is 0. The van der Waals surface area contributed by atoms with E-state index in [1.165, 1.54) is 28.7 Å². The van der Waals surface area contributed by atoms with Gasteiger partial charge in [-0.25, -0.2) is 0 Å². The molecule has 1 aromatic rings. The predicted molar refractivity (Wildman–Crippen MR) is 91.8 cm³/mol. The lowest BCUT2D eigenvalue weighted by Crippen LogP contribution is -2.42. The van der Waals surface area contributed by atoms with Crippen LogP contribution in [-0.4, -0.2) is 30.1 Å². The highest BCUT2D eigenvalue weighted by Crippen LogP contribution is 2.22. The van der Waals surface area contributed by atoms with Crippen LogP contribution in [0.15, 0.2) is 12.1 Å². The van der Waals surface area contributed by atoms with Gasteiger partial charge in [0.05, 0.1) is 0 Å². The zero-order valence-electron chi connectivity index (χ0n) is 14.7. The Labute approximate surface area is 130 Å². The summed E-state index contributed by atoms with van der Waals surface area (Å²) < 4.78 is 0. The maximum atomic E-state index is 3.72. The zero-order chi connectivity index (χ0) is 15.6. The molecule has 2 heteroatoms. The van der Waals surface area contributed by atoms with Crippen molar-refractivity contribution in [3.8, 4) is 0 Å². The molecule has 2 unspecified atom stereocenters. The molecule has 0 bridgehead atoms. The van der Waals surface area contributed by atoms with Crippen LogP contribution in [0.5, 0.6) is 0 Å². The lowest BCUT2D eigenvalue weighted by atomic mass is 9.98. The van der Waals surface area contributed by atoms with Gasteiger partial charge in [-0.15, -0.1) is 0 Å². The van der Waals surface area contributed by atoms with Crippen molar-refractivity contribution < 1.29 is 0 Å². The Kier molecular flexibility index (Phi) is 5.45. The van der Waals surface area contributed by atoms with Crippen molar-refractivity contribution in [2.24, 2.45) is 5.92 Å². The minimum atomic E-state index is 0.612. The van der Waals surface area contributed by atoms with Crippen LogP contribution in [-0.2, 0) is 6.54 Å². The van der Waals surface area contributed by atoms with E-state index >= 15 is 0 Å². The highest BCUT2D eigenvalue weighted by Gasteiger charge is 2.25. The van der Waals surface area contributed by atoms with E-state index in [1.54, 1.807) is 0 Å². The maximum absolute atomic E-state index is 3.72. The molecule has 1 aliphatic rings. The number of rotatable bonds is 3. The number of hydrogen-bond donors (Lipinski definition) is 1.